The van der Waals surface area contributed by atoms with Gasteiger partial charge in [0.25, 0.3) is 5.91 Å². The van der Waals surface area contributed by atoms with Crippen molar-refractivity contribution in [3.05, 3.63) is 12.3 Å². The molecular formula is C11H20N2O. The van der Waals surface area contributed by atoms with Gasteiger partial charge in [-0.2, -0.15) is 0 Å². The number of likely N-dealkylation sites (N-methyl/N-ethyl adjacent to an activating group) is 1. The first-order valence-corrected chi connectivity index (χ1v) is 5.35. The van der Waals surface area contributed by atoms with Gasteiger partial charge in [-0.15, -0.1) is 0 Å². The van der Waals surface area contributed by atoms with Crippen molar-refractivity contribution in [3.8, 4) is 0 Å². The fourth-order valence-corrected chi connectivity index (χ4v) is 1.88. The van der Waals surface area contributed by atoms with Crippen LogP contribution in [0.4, 0.5) is 0 Å². The maximum Gasteiger partial charge on any atom is 0.269 e. The zero-order chi connectivity index (χ0) is 10.6. The largest absolute Gasteiger partial charge is 0.384 e. The maximum atomic E-state index is 11.8. The molecule has 0 aromatic heterocycles. The molecule has 0 aliphatic carbocycles. The van der Waals surface area contributed by atoms with Crippen molar-refractivity contribution in [1.29, 1.82) is 0 Å². The zero-order valence-corrected chi connectivity index (χ0v) is 9.18. The first kappa shape index (κ1) is 11.1. The van der Waals surface area contributed by atoms with Gasteiger partial charge < -0.3 is 10.2 Å². The highest BCUT2D eigenvalue weighted by atomic mass is 16.2. The van der Waals surface area contributed by atoms with Crippen molar-refractivity contribution in [2.24, 2.45) is 5.92 Å². The summed E-state index contributed by atoms with van der Waals surface area (Å²) in [6.45, 7) is 7.67. The van der Waals surface area contributed by atoms with Crippen LogP contribution in [-0.2, 0) is 4.79 Å². The van der Waals surface area contributed by atoms with Gasteiger partial charge in [0.1, 0.15) is 0 Å². The maximum absolute atomic E-state index is 11.8. The van der Waals surface area contributed by atoms with Crippen LogP contribution in [0.3, 0.4) is 0 Å². The molecule has 0 spiro atoms. The summed E-state index contributed by atoms with van der Waals surface area (Å²) in [4.78, 5) is 13.7. The van der Waals surface area contributed by atoms with Crippen molar-refractivity contribution < 1.29 is 4.79 Å². The number of nitrogens with zero attached hydrogens (tertiary/aromatic N) is 1. The van der Waals surface area contributed by atoms with E-state index >= 15 is 0 Å². The van der Waals surface area contributed by atoms with Gasteiger partial charge in [-0.3, -0.25) is 4.79 Å². The van der Waals surface area contributed by atoms with E-state index in [4.69, 9.17) is 0 Å². The normalized spacial score (nSPS) is 21.9. The molecule has 1 amide bonds. The van der Waals surface area contributed by atoms with Gasteiger partial charge >= 0.3 is 0 Å². The molecule has 1 aliphatic heterocycles. The number of carbonyl (C=O) groups excluding carboxylic acids is 1. The Bertz CT molecular complexity index is 225. The third-order valence-electron chi connectivity index (χ3n) is 2.94. The molecule has 3 nitrogen and oxygen atoms in total. The fourth-order valence-electron chi connectivity index (χ4n) is 1.88. The molecule has 3 heteroatoms. The second-order valence-electron chi connectivity index (χ2n) is 3.90. The Balaban J connectivity index is 2.51. The number of piperidine rings is 1. The van der Waals surface area contributed by atoms with E-state index in [1.165, 1.54) is 6.42 Å². The lowest BCUT2D eigenvalue weighted by atomic mass is 9.95. The predicted molar refractivity (Wildman–Crippen MR) is 57.8 cm³/mol. The van der Waals surface area contributed by atoms with E-state index < -0.39 is 0 Å². The topological polar surface area (TPSA) is 32.3 Å². The Kier molecular flexibility index (Phi) is 3.98. The van der Waals surface area contributed by atoms with E-state index in [1.807, 2.05) is 4.90 Å². The average molecular weight is 196 g/mol. The van der Waals surface area contributed by atoms with Crippen LogP contribution in [0, 0.1) is 5.92 Å². The summed E-state index contributed by atoms with van der Waals surface area (Å²) in [5.74, 6) is 0.739. The molecule has 1 N–H and O–H groups in total. The first-order valence-electron chi connectivity index (χ1n) is 5.35. The Hall–Kier alpha value is -0.990. The van der Waals surface area contributed by atoms with Crippen LogP contribution in [0.1, 0.15) is 26.2 Å². The molecule has 0 aromatic carbocycles. The lowest BCUT2D eigenvalue weighted by molar-refractivity contribution is -0.129. The van der Waals surface area contributed by atoms with E-state index in [9.17, 15) is 4.79 Å². The van der Waals surface area contributed by atoms with Crippen molar-refractivity contribution in [2.75, 3.05) is 20.1 Å². The van der Waals surface area contributed by atoms with Crippen molar-refractivity contribution >= 4 is 5.91 Å². The monoisotopic (exact) mass is 196 g/mol. The van der Waals surface area contributed by atoms with Crippen LogP contribution in [-0.4, -0.2) is 30.9 Å². The minimum absolute atomic E-state index is 0.0608. The van der Waals surface area contributed by atoms with Crippen molar-refractivity contribution in [1.82, 2.24) is 10.2 Å². The summed E-state index contributed by atoms with van der Waals surface area (Å²) in [5, 5.41) is 2.81. The molecule has 1 fully saturated rings. The second kappa shape index (κ2) is 5.03. The number of likely N-dealkylation sites (tertiary alicyclic amines) is 1. The van der Waals surface area contributed by atoms with Gasteiger partial charge in [0, 0.05) is 20.1 Å². The zero-order valence-electron chi connectivity index (χ0n) is 9.18. The van der Waals surface area contributed by atoms with Crippen molar-refractivity contribution in [2.45, 2.75) is 26.2 Å². The molecule has 1 heterocycles. The number of amides is 1. The lowest BCUT2D eigenvalue weighted by Crippen LogP contribution is -2.42. The molecule has 80 valence electrons. The second-order valence-corrected chi connectivity index (χ2v) is 3.90. The summed E-state index contributed by atoms with van der Waals surface area (Å²) in [5.41, 5.74) is 0.502. The molecule has 1 rings (SSSR count). The molecule has 1 aliphatic rings. The highest BCUT2D eigenvalue weighted by molar-refractivity contribution is 5.92. The van der Waals surface area contributed by atoms with Crippen LogP contribution in [0.5, 0.6) is 0 Å². The molecule has 0 saturated carbocycles. The predicted octanol–water partition coefficient (Wildman–Crippen LogP) is 1.37. The highest BCUT2D eigenvalue weighted by Gasteiger charge is 2.23. The summed E-state index contributed by atoms with van der Waals surface area (Å²) in [6, 6.07) is 0. The number of nitrogens with one attached hydrogen (secondary N) is 1. The van der Waals surface area contributed by atoms with E-state index in [-0.39, 0.29) is 5.91 Å². The van der Waals surface area contributed by atoms with Crippen LogP contribution >= 0.6 is 0 Å². The van der Waals surface area contributed by atoms with E-state index in [2.05, 4.69) is 18.8 Å². The Labute approximate surface area is 86.2 Å². The minimum Gasteiger partial charge on any atom is -0.384 e. The van der Waals surface area contributed by atoms with Gasteiger partial charge in [-0.05, 0) is 18.8 Å². The van der Waals surface area contributed by atoms with Crippen LogP contribution in [0.2, 0.25) is 0 Å². The SMILES string of the molecule is C=C(NC)C(=O)N1CCCC(CC)C1. The average Bonchev–Trinajstić information content (AvgIpc) is 2.27. The van der Waals surface area contributed by atoms with Gasteiger partial charge in [-0.1, -0.05) is 19.9 Å². The summed E-state index contributed by atoms with van der Waals surface area (Å²) < 4.78 is 0. The molecule has 1 saturated heterocycles. The molecule has 14 heavy (non-hydrogen) atoms. The van der Waals surface area contributed by atoms with Crippen LogP contribution in [0.15, 0.2) is 12.3 Å². The summed E-state index contributed by atoms with van der Waals surface area (Å²) >= 11 is 0. The molecule has 0 bridgehead atoms. The summed E-state index contributed by atoms with van der Waals surface area (Å²) in [6.07, 6.45) is 3.55. The third kappa shape index (κ3) is 2.50. The van der Waals surface area contributed by atoms with Gasteiger partial charge in [0.15, 0.2) is 0 Å². The number of hydrogen-bond donors (Lipinski definition) is 1. The smallest absolute Gasteiger partial charge is 0.269 e. The van der Waals surface area contributed by atoms with E-state index in [1.54, 1.807) is 7.05 Å². The minimum atomic E-state index is 0.0608. The summed E-state index contributed by atoms with van der Waals surface area (Å²) in [7, 11) is 1.74. The van der Waals surface area contributed by atoms with E-state index in [0.29, 0.717) is 11.6 Å². The fraction of sp³-hybridized carbons (Fsp3) is 0.727. The van der Waals surface area contributed by atoms with Crippen LogP contribution < -0.4 is 5.32 Å². The number of hydrogen-bond acceptors (Lipinski definition) is 2. The Morgan fingerprint density at radius 3 is 2.93 bits per heavy atom. The van der Waals surface area contributed by atoms with Gasteiger partial charge in [-0.25, -0.2) is 0 Å². The quantitative estimate of drug-likeness (QED) is 0.691. The number of carbonyl (C=O) groups is 1. The third-order valence-corrected chi connectivity index (χ3v) is 2.94. The highest BCUT2D eigenvalue weighted by Crippen LogP contribution is 2.19. The Morgan fingerprint density at radius 1 is 1.64 bits per heavy atom. The Morgan fingerprint density at radius 2 is 2.36 bits per heavy atom. The van der Waals surface area contributed by atoms with E-state index in [0.717, 1.165) is 25.9 Å². The van der Waals surface area contributed by atoms with Crippen molar-refractivity contribution in [3.63, 3.8) is 0 Å². The molecule has 1 unspecified atom stereocenters. The first-order chi connectivity index (χ1) is 6.69. The molecule has 0 radical (unpaired) electrons. The standard InChI is InChI=1S/C11H20N2O/c1-4-10-6-5-7-13(8-10)11(14)9(2)12-3/h10,12H,2,4-8H2,1,3H3. The molecule has 0 aromatic rings. The number of rotatable bonds is 3. The van der Waals surface area contributed by atoms with Gasteiger partial charge in [0.2, 0.25) is 0 Å². The lowest BCUT2D eigenvalue weighted by Gasteiger charge is -2.32. The van der Waals surface area contributed by atoms with Crippen LogP contribution in [0.25, 0.3) is 0 Å². The molecule has 1 atom stereocenters. The van der Waals surface area contributed by atoms with Gasteiger partial charge in [0.05, 0.1) is 5.70 Å². The molecular weight excluding hydrogens is 176 g/mol.